The van der Waals surface area contributed by atoms with E-state index in [0.717, 1.165) is 0 Å². The van der Waals surface area contributed by atoms with E-state index in [1.165, 1.54) is 11.3 Å². The summed E-state index contributed by atoms with van der Waals surface area (Å²) in [5, 5.41) is 15.1. The molecular formula is C12H9N5O3S. The molecule has 1 N–H and O–H groups in total. The van der Waals surface area contributed by atoms with Gasteiger partial charge in [0.15, 0.2) is 17.3 Å². The second-order valence-electron chi connectivity index (χ2n) is 4.37. The van der Waals surface area contributed by atoms with E-state index in [9.17, 15) is 4.79 Å². The van der Waals surface area contributed by atoms with Gasteiger partial charge in [-0.25, -0.2) is 0 Å². The molecule has 3 aromatic rings. The number of aromatic nitrogens is 4. The number of ether oxygens (including phenoxy) is 2. The van der Waals surface area contributed by atoms with E-state index in [-0.39, 0.29) is 12.7 Å². The predicted molar refractivity (Wildman–Crippen MR) is 73.9 cm³/mol. The molecule has 9 heteroatoms. The number of rotatable bonds is 2. The van der Waals surface area contributed by atoms with Gasteiger partial charge in [-0.3, -0.25) is 4.79 Å². The van der Waals surface area contributed by atoms with Crippen LogP contribution < -0.4 is 14.8 Å². The van der Waals surface area contributed by atoms with E-state index in [1.54, 1.807) is 29.6 Å². The maximum Gasteiger partial charge on any atom is 0.286 e. The lowest BCUT2D eigenvalue weighted by Gasteiger charge is -2.03. The van der Waals surface area contributed by atoms with Crippen LogP contribution in [0, 0.1) is 6.92 Å². The lowest BCUT2D eigenvalue weighted by atomic mass is 10.3. The molecule has 0 saturated carbocycles. The molecule has 0 saturated heterocycles. The highest BCUT2D eigenvalue weighted by Crippen LogP contribution is 2.34. The molecule has 0 bridgehead atoms. The minimum atomic E-state index is -0.302. The van der Waals surface area contributed by atoms with Gasteiger partial charge in [0, 0.05) is 11.8 Å². The zero-order valence-electron chi connectivity index (χ0n) is 10.9. The lowest BCUT2D eigenvalue weighted by Crippen LogP contribution is -2.12. The molecule has 1 amide bonds. The molecule has 3 heterocycles. The first-order valence-corrected chi connectivity index (χ1v) is 6.92. The van der Waals surface area contributed by atoms with Gasteiger partial charge in [0.2, 0.25) is 16.8 Å². The van der Waals surface area contributed by atoms with Gasteiger partial charge >= 0.3 is 0 Å². The quantitative estimate of drug-likeness (QED) is 0.771. The average Bonchev–Trinajstić information content (AvgIpc) is 3.16. The second kappa shape index (κ2) is 4.42. The number of nitrogens with one attached hydrogen (secondary N) is 1. The zero-order valence-corrected chi connectivity index (χ0v) is 11.7. The topological polar surface area (TPSA) is 90.6 Å². The maximum absolute atomic E-state index is 12.2. The molecule has 1 aromatic carbocycles. The van der Waals surface area contributed by atoms with E-state index < -0.39 is 0 Å². The number of hydrogen-bond donors (Lipinski definition) is 1. The highest BCUT2D eigenvalue weighted by Gasteiger charge is 2.18. The molecule has 0 spiro atoms. The van der Waals surface area contributed by atoms with Gasteiger partial charge in [-0.15, -0.1) is 15.3 Å². The molecule has 106 valence electrons. The molecule has 21 heavy (non-hydrogen) atoms. The molecule has 8 nitrogen and oxygen atoms in total. The molecule has 0 unspecified atom stereocenters. The van der Waals surface area contributed by atoms with E-state index in [1.807, 2.05) is 0 Å². The van der Waals surface area contributed by atoms with Crippen molar-refractivity contribution in [3.05, 3.63) is 29.0 Å². The van der Waals surface area contributed by atoms with Crippen LogP contribution in [0.1, 0.15) is 15.6 Å². The minimum absolute atomic E-state index is 0.197. The van der Waals surface area contributed by atoms with Gasteiger partial charge < -0.3 is 14.8 Å². The third-order valence-electron chi connectivity index (χ3n) is 2.97. The molecule has 1 aliphatic rings. The smallest absolute Gasteiger partial charge is 0.286 e. The minimum Gasteiger partial charge on any atom is -0.454 e. The standard InChI is InChI=1S/C12H9N5O3S/c1-6-14-15-12-17(6)16-11(21-12)10(18)13-7-2-3-8-9(4-7)20-5-19-8/h2-4H,5H2,1H3,(H,13,18). The summed E-state index contributed by atoms with van der Waals surface area (Å²) in [6.45, 7) is 1.97. The summed E-state index contributed by atoms with van der Waals surface area (Å²) in [6.07, 6.45) is 0. The van der Waals surface area contributed by atoms with Crippen LogP contribution in [0.3, 0.4) is 0 Å². The van der Waals surface area contributed by atoms with Crippen molar-refractivity contribution in [1.82, 2.24) is 19.8 Å². The van der Waals surface area contributed by atoms with Crippen LogP contribution in [0.5, 0.6) is 11.5 Å². The van der Waals surface area contributed by atoms with Crippen LogP contribution >= 0.6 is 11.3 Å². The highest BCUT2D eigenvalue weighted by atomic mass is 32.1. The highest BCUT2D eigenvalue weighted by molar-refractivity contribution is 7.18. The van der Waals surface area contributed by atoms with Crippen molar-refractivity contribution < 1.29 is 14.3 Å². The summed E-state index contributed by atoms with van der Waals surface area (Å²) in [4.78, 5) is 12.8. The van der Waals surface area contributed by atoms with Crippen molar-refractivity contribution in [1.29, 1.82) is 0 Å². The molecule has 0 fully saturated rings. The lowest BCUT2D eigenvalue weighted by molar-refractivity contribution is 0.102. The third kappa shape index (κ3) is 1.98. The Morgan fingerprint density at radius 3 is 3.05 bits per heavy atom. The van der Waals surface area contributed by atoms with Crippen molar-refractivity contribution in [3.63, 3.8) is 0 Å². The monoisotopic (exact) mass is 303 g/mol. The molecule has 0 aliphatic carbocycles. The van der Waals surface area contributed by atoms with E-state index in [4.69, 9.17) is 9.47 Å². The number of nitrogens with zero attached hydrogens (tertiary/aromatic N) is 4. The fourth-order valence-electron chi connectivity index (χ4n) is 1.97. The van der Waals surface area contributed by atoms with Crippen LogP contribution in [0.4, 0.5) is 5.69 Å². The first kappa shape index (κ1) is 12.1. The first-order valence-electron chi connectivity index (χ1n) is 6.10. The Hall–Kier alpha value is -2.68. The summed E-state index contributed by atoms with van der Waals surface area (Å²) in [5.74, 6) is 1.62. The maximum atomic E-state index is 12.2. The SMILES string of the molecule is Cc1nnc2sc(C(=O)Nc3ccc4c(c3)OCO4)nn12. The van der Waals surface area contributed by atoms with Gasteiger partial charge in [-0.2, -0.15) is 4.52 Å². The van der Waals surface area contributed by atoms with Crippen LogP contribution in [0.25, 0.3) is 4.96 Å². The Morgan fingerprint density at radius 1 is 1.33 bits per heavy atom. The molecule has 2 aromatic heterocycles. The van der Waals surface area contributed by atoms with Crippen molar-refractivity contribution in [2.24, 2.45) is 0 Å². The Bertz CT molecular complexity index is 856. The normalized spacial score (nSPS) is 12.8. The van der Waals surface area contributed by atoms with Crippen LogP contribution in [-0.4, -0.2) is 32.5 Å². The van der Waals surface area contributed by atoms with E-state index in [0.29, 0.717) is 33.0 Å². The summed E-state index contributed by atoms with van der Waals surface area (Å²) in [7, 11) is 0. The third-order valence-corrected chi connectivity index (χ3v) is 3.87. The Kier molecular flexibility index (Phi) is 2.54. The van der Waals surface area contributed by atoms with Gasteiger partial charge in [0.25, 0.3) is 5.91 Å². The van der Waals surface area contributed by atoms with Crippen LogP contribution in [0.15, 0.2) is 18.2 Å². The number of aryl methyl sites for hydroxylation is 1. The summed E-state index contributed by atoms with van der Waals surface area (Å²) < 4.78 is 12.0. The van der Waals surface area contributed by atoms with Gasteiger partial charge in [0.05, 0.1) is 0 Å². The Balaban J connectivity index is 1.60. The average molecular weight is 303 g/mol. The molecule has 0 radical (unpaired) electrons. The summed E-state index contributed by atoms with van der Waals surface area (Å²) in [5.41, 5.74) is 0.618. The van der Waals surface area contributed by atoms with Gasteiger partial charge in [-0.1, -0.05) is 11.3 Å². The molecule has 4 rings (SSSR count). The zero-order chi connectivity index (χ0) is 14.4. The van der Waals surface area contributed by atoms with Gasteiger partial charge in [-0.05, 0) is 19.1 Å². The number of fused-ring (bicyclic) bond motifs is 2. The number of amides is 1. The number of carbonyl (C=O) groups is 1. The second-order valence-corrected chi connectivity index (χ2v) is 5.33. The van der Waals surface area contributed by atoms with Crippen molar-refractivity contribution >= 4 is 27.9 Å². The molecule has 1 aliphatic heterocycles. The van der Waals surface area contributed by atoms with E-state index in [2.05, 4.69) is 20.6 Å². The molecule has 0 atom stereocenters. The first-order chi connectivity index (χ1) is 10.2. The van der Waals surface area contributed by atoms with Crippen molar-refractivity contribution in [2.75, 3.05) is 12.1 Å². The van der Waals surface area contributed by atoms with Crippen molar-refractivity contribution in [2.45, 2.75) is 6.92 Å². The fraction of sp³-hybridized carbons (Fsp3) is 0.167. The number of anilines is 1. The van der Waals surface area contributed by atoms with Crippen molar-refractivity contribution in [3.8, 4) is 11.5 Å². The number of carbonyl (C=O) groups excluding carboxylic acids is 1. The fourth-order valence-corrected chi connectivity index (χ4v) is 2.75. The Morgan fingerprint density at radius 2 is 2.19 bits per heavy atom. The number of hydrogen-bond acceptors (Lipinski definition) is 7. The summed E-state index contributed by atoms with van der Waals surface area (Å²) >= 11 is 1.18. The molecular weight excluding hydrogens is 294 g/mol. The largest absolute Gasteiger partial charge is 0.454 e. The van der Waals surface area contributed by atoms with E-state index >= 15 is 0 Å². The predicted octanol–water partition coefficient (Wildman–Crippen LogP) is 1.48. The summed E-state index contributed by atoms with van der Waals surface area (Å²) in [6, 6.07) is 5.21. The van der Waals surface area contributed by atoms with Crippen LogP contribution in [0.2, 0.25) is 0 Å². The van der Waals surface area contributed by atoms with Gasteiger partial charge in [0.1, 0.15) is 0 Å². The Labute approximate surface area is 122 Å². The van der Waals surface area contributed by atoms with Crippen LogP contribution in [-0.2, 0) is 0 Å². The number of benzene rings is 1.